The number of hydrogen-bond acceptors (Lipinski definition) is 3. The van der Waals surface area contributed by atoms with Gasteiger partial charge in [-0.2, -0.15) is 0 Å². The molecule has 0 aliphatic heterocycles. The molecular formula is C13H11O3. The first-order chi connectivity index (χ1) is 7.86. The Morgan fingerprint density at radius 3 is 2.75 bits per heavy atom. The normalized spacial score (nSPS) is 10.1. The van der Waals surface area contributed by atoms with Gasteiger partial charge in [0.25, 0.3) is 0 Å². The molecular weight excluding hydrogens is 204 g/mol. The maximum absolute atomic E-state index is 10.4. The van der Waals surface area contributed by atoms with Crippen LogP contribution in [0.25, 0.3) is 10.8 Å². The maximum Gasteiger partial charge on any atom is 0.423 e. The molecule has 0 heterocycles. The van der Waals surface area contributed by atoms with Crippen LogP contribution in [0.2, 0.25) is 0 Å². The molecule has 0 unspecified atom stereocenters. The van der Waals surface area contributed by atoms with Crippen molar-refractivity contribution in [3.63, 3.8) is 0 Å². The summed E-state index contributed by atoms with van der Waals surface area (Å²) in [7, 11) is 0. The lowest BCUT2D eigenvalue weighted by atomic mass is 10.1. The van der Waals surface area contributed by atoms with Crippen molar-refractivity contribution in [2.45, 2.75) is 6.92 Å². The predicted octanol–water partition coefficient (Wildman–Crippen LogP) is 2.68. The Balaban J connectivity index is 2.63. The van der Waals surface area contributed by atoms with Gasteiger partial charge in [0.15, 0.2) is 11.5 Å². The van der Waals surface area contributed by atoms with E-state index in [1.165, 1.54) is 6.47 Å². The number of hydrogen-bond donors (Lipinski definition) is 0. The Kier molecular flexibility index (Phi) is 3.05. The fourth-order valence-electron chi connectivity index (χ4n) is 1.64. The van der Waals surface area contributed by atoms with E-state index in [1.54, 1.807) is 6.07 Å². The Bertz CT molecular complexity index is 506. The summed E-state index contributed by atoms with van der Waals surface area (Å²) >= 11 is 0. The highest BCUT2D eigenvalue weighted by molar-refractivity contribution is 5.91. The van der Waals surface area contributed by atoms with Gasteiger partial charge in [0.1, 0.15) is 0 Å². The quantitative estimate of drug-likeness (QED) is 0.786. The van der Waals surface area contributed by atoms with Crippen LogP contribution in [0.3, 0.4) is 0 Å². The van der Waals surface area contributed by atoms with Crippen molar-refractivity contribution in [2.24, 2.45) is 0 Å². The van der Waals surface area contributed by atoms with Crippen molar-refractivity contribution in [2.75, 3.05) is 6.61 Å². The molecule has 0 saturated heterocycles. The smallest absolute Gasteiger partial charge is 0.423 e. The van der Waals surface area contributed by atoms with E-state index in [0.29, 0.717) is 18.1 Å². The molecule has 0 fully saturated rings. The lowest BCUT2D eigenvalue weighted by Crippen LogP contribution is -1.97. The number of ether oxygens (including phenoxy) is 2. The van der Waals surface area contributed by atoms with Crippen LogP contribution >= 0.6 is 0 Å². The molecule has 0 aromatic heterocycles. The topological polar surface area (TPSA) is 35.5 Å². The minimum absolute atomic E-state index is 0.426. The van der Waals surface area contributed by atoms with Crippen LogP contribution in [0.1, 0.15) is 6.92 Å². The summed E-state index contributed by atoms with van der Waals surface area (Å²) in [6.07, 6.45) is 0. The van der Waals surface area contributed by atoms with E-state index >= 15 is 0 Å². The molecule has 0 atom stereocenters. The second-order valence-corrected chi connectivity index (χ2v) is 3.23. The molecule has 2 rings (SSSR count). The van der Waals surface area contributed by atoms with Gasteiger partial charge in [-0.05, 0) is 18.4 Å². The van der Waals surface area contributed by atoms with Crippen molar-refractivity contribution >= 4 is 17.2 Å². The van der Waals surface area contributed by atoms with Crippen molar-refractivity contribution in [1.82, 2.24) is 0 Å². The third-order valence-electron chi connectivity index (χ3n) is 2.29. The van der Waals surface area contributed by atoms with Crippen LogP contribution in [0.5, 0.6) is 11.5 Å². The van der Waals surface area contributed by atoms with Crippen molar-refractivity contribution < 1.29 is 14.3 Å². The number of rotatable bonds is 4. The summed E-state index contributed by atoms with van der Waals surface area (Å²) in [6.45, 7) is 3.84. The standard InChI is InChI=1S/C13H11O3/c1-2-15-12-8-7-10-5-3-4-6-11(10)13(12)16-9-14/h3-8H,2H2,1H3. The second-order valence-electron chi connectivity index (χ2n) is 3.23. The van der Waals surface area contributed by atoms with E-state index in [9.17, 15) is 4.79 Å². The highest BCUT2D eigenvalue weighted by Crippen LogP contribution is 2.35. The zero-order valence-corrected chi connectivity index (χ0v) is 8.90. The summed E-state index contributed by atoms with van der Waals surface area (Å²) < 4.78 is 10.3. The first-order valence-corrected chi connectivity index (χ1v) is 5.05. The molecule has 16 heavy (non-hydrogen) atoms. The molecule has 0 spiro atoms. The Morgan fingerprint density at radius 2 is 2.00 bits per heavy atom. The van der Waals surface area contributed by atoms with Crippen LogP contribution in [0.4, 0.5) is 0 Å². The summed E-state index contributed by atoms with van der Waals surface area (Å²) in [5, 5.41) is 1.84. The molecule has 0 saturated carbocycles. The lowest BCUT2D eigenvalue weighted by molar-refractivity contribution is 0.325. The molecule has 0 amide bonds. The molecule has 0 bridgehead atoms. The summed E-state index contributed by atoms with van der Waals surface area (Å²) in [4.78, 5) is 10.4. The fourth-order valence-corrected chi connectivity index (χ4v) is 1.64. The van der Waals surface area contributed by atoms with E-state index in [0.717, 1.165) is 10.8 Å². The maximum atomic E-state index is 10.4. The Labute approximate surface area is 93.6 Å². The first-order valence-electron chi connectivity index (χ1n) is 5.05. The van der Waals surface area contributed by atoms with Crippen molar-refractivity contribution in [1.29, 1.82) is 0 Å². The van der Waals surface area contributed by atoms with E-state index in [2.05, 4.69) is 0 Å². The molecule has 0 N–H and O–H groups in total. The summed E-state index contributed by atoms with van der Waals surface area (Å²) in [6, 6.07) is 11.4. The molecule has 3 heteroatoms. The minimum Gasteiger partial charge on any atom is -0.490 e. The van der Waals surface area contributed by atoms with Crippen LogP contribution in [0.15, 0.2) is 36.4 Å². The average molecular weight is 215 g/mol. The first kappa shape index (κ1) is 10.5. The fraction of sp³-hybridized carbons (Fsp3) is 0.154. The monoisotopic (exact) mass is 215 g/mol. The lowest BCUT2D eigenvalue weighted by Gasteiger charge is -2.10. The molecule has 1 radical (unpaired) electrons. The molecule has 0 aliphatic rings. The average Bonchev–Trinajstić information content (AvgIpc) is 2.32. The van der Waals surface area contributed by atoms with Crippen LogP contribution in [-0.2, 0) is 4.79 Å². The SMILES string of the molecule is CCOc1ccc2ccccc2c1O[C]=O. The molecule has 2 aromatic carbocycles. The predicted molar refractivity (Wildman–Crippen MR) is 61.4 cm³/mol. The number of carbonyl (C=O) groups excluding carboxylic acids is 1. The van der Waals surface area contributed by atoms with Gasteiger partial charge in [0.05, 0.1) is 6.61 Å². The molecule has 0 aliphatic carbocycles. The molecule has 3 nitrogen and oxygen atoms in total. The van der Waals surface area contributed by atoms with Crippen molar-refractivity contribution in [3.8, 4) is 11.5 Å². The number of fused-ring (bicyclic) bond motifs is 1. The Morgan fingerprint density at radius 1 is 1.19 bits per heavy atom. The van der Waals surface area contributed by atoms with E-state index < -0.39 is 0 Å². The van der Waals surface area contributed by atoms with Gasteiger partial charge in [-0.25, -0.2) is 4.79 Å². The van der Waals surface area contributed by atoms with Crippen LogP contribution in [-0.4, -0.2) is 13.1 Å². The minimum atomic E-state index is 0.426. The van der Waals surface area contributed by atoms with Gasteiger partial charge in [-0.3, -0.25) is 0 Å². The van der Waals surface area contributed by atoms with Gasteiger partial charge >= 0.3 is 6.47 Å². The zero-order chi connectivity index (χ0) is 11.4. The summed E-state index contributed by atoms with van der Waals surface area (Å²) in [5.41, 5.74) is 0. The van der Waals surface area contributed by atoms with E-state index in [4.69, 9.17) is 9.47 Å². The highest BCUT2D eigenvalue weighted by Gasteiger charge is 2.09. The molecule has 2 aromatic rings. The zero-order valence-electron chi connectivity index (χ0n) is 8.90. The van der Waals surface area contributed by atoms with Gasteiger partial charge < -0.3 is 9.47 Å². The van der Waals surface area contributed by atoms with Gasteiger partial charge in [0.2, 0.25) is 0 Å². The third kappa shape index (κ3) is 1.84. The molecule has 81 valence electrons. The van der Waals surface area contributed by atoms with E-state index in [1.807, 2.05) is 37.3 Å². The number of benzene rings is 2. The summed E-state index contributed by atoms with van der Waals surface area (Å²) in [5.74, 6) is 0.986. The van der Waals surface area contributed by atoms with Gasteiger partial charge in [-0.15, -0.1) is 0 Å². The second kappa shape index (κ2) is 4.66. The van der Waals surface area contributed by atoms with Crippen LogP contribution < -0.4 is 9.47 Å². The highest BCUT2D eigenvalue weighted by atomic mass is 16.5. The van der Waals surface area contributed by atoms with Crippen LogP contribution in [0, 0.1) is 0 Å². The largest absolute Gasteiger partial charge is 0.490 e. The van der Waals surface area contributed by atoms with Crippen molar-refractivity contribution in [3.05, 3.63) is 36.4 Å². The van der Waals surface area contributed by atoms with Gasteiger partial charge in [0, 0.05) is 5.39 Å². The Hall–Kier alpha value is -2.03. The van der Waals surface area contributed by atoms with Gasteiger partial charge in [-0.1, -0.05) is 30.3 Å². The third-order valence-corrected chi connectivity index (χ3v) is 2.29. The van der Waals surface area contributed by atoms with E-state index in [-0.39, 0.29) is 0 Å².